The van der Waals surface area contributed by atoms with E-state index in [4.69, 9.17) is 9.72 Å². The van der Waals surface area contributed by atoms with Gasteiger partial charge in [0.05, 0.1) is 12.8 Å². The number of para-hydroxylation sites is 1. The van der Waals surface area contributed by atoms with Crippen molar-refractivity contribution in [3.63, 3.8) is 0 Å². The van der Waals surface area contributed by atoms with E-state index in [1.165, 1.54) is 5.56 Å². The van der Waals surface area contributed by atoms with Crippen molar-refractivity contribution in [2.75, 3.05) is 33.3 Å². The van der Waals surface area contributed by atoms with Gasteiger partial charge in [-0.2, -0.15) is 0 Å². The Morgan fingerprint density at radius 2 is 1.77 bits per heavy atom. The number of hydrogen-bond donors (Lipinski definition) is 0. The van der Waals surface area contributed by atoms with Gasteiger partial charge >= 0.3 is 0 Å². The average Bonchev–Trinajstić information content (AvgIpc) is 3.27. The summed E-state index contributed by atoms with van der Waals surface area (Å²) in [5.74, 6) is 1.08. The summed E-state index contributed by atoms with van der Waals surface area (Å²) in [5, 5.41) is 3.21. The molecule has 2 aromatic carbocycles. The van der Waals surface area contributed by atoms with E-state index in [9.17, 15) is 4.79 Å². The van der Waals surface area contributed by atoms with Gasteiger partial charge < -0.3 is 9.64 Å². The number of thiazole rings is 1. The first-order chi connectivity index (χ1) is 14.7. The second-order valence-electron chi connectivity index (χ2n) is 7.48. The van der Waals surface area contributed by atoms with E-state index >= 15 is 0 Å². The van der Waals surface area contributed by atoms with Crippen molar-refractivity contribution < 1.29 is 9.53 Å². The molecule has 5 nitrogen and oxygen atoms in total. The van der Waals surface area contributed by atoms with Gasteiger partial charge in [0, 0.05) is 50.1 Å². The number of carbonyl (C=O) groups is 1. The molecular weight excluding hydrogens is 394 g/mol. The van der Waals surface area contributed by atoms with Crippen molar-refractivity contribution in [3.8, 4) is 16.3 Å². The maximum atomic E-state index is 12.7. The molecule has 3 aromatic rings. The minimum absolute atomic E-state index is 0.223. The molecule has 0 unspecified atom stereocenters. The lowest BCUT2D eigenvalue weighted by Gasteiger charge is -2.34. The van der Waals surface area contributed by atoms with Crippen LogP contribution in [0.4, 0.5) is 0 Å². The quantitative estimate of drug-likeness (QED) is 0.576. The Bertz CT molecular complexity index is 965. The summed E-state index contributed by atoms with van der Waals surface area (Å²) in [6, 6.07) is 18.2. The number of aryl methyl sites for hydroxylation is 1. The van der Waals surface area contributed by atoms with Gasteiger partial charge in [-0.15, -0.1) is 11.3 Å². The lowest BCUT2D eigenvalue weighted by Crippen LogP contribution is -2.48. The Morgan fingerprint density at radius 3 is 2.53 bits per heavy atom. The molecule has 156 valence electrons. The molecular formula is C24H27N3O2S. The van der Waals surface area contributed by atoms with Crippen LogP contribution in [0.1, 0.15) is 17.7 Å². The van der Waals surface area contributed by atoms with Crippen LogP contribution in [0.25, 0.3) is 10.6 Å². The monoisotopic (exact) mass is 421 g/mol. The van der Waals surface area contributed by atoms with Gasteiger partial charge in [0.2, 0.25) is 5.91 Å². The zero-order valence-electron chi connectivity index (χ0n) is 17.3. The van der Waals surface area contributed by atoms with Crippen molar-refractivity contribution in [2.45, 2.75) is 19.4 Å². The van der Waals surface area contributed by atoms with Gasteiger partial charge in [0.25, 0.3) is 0 Å². The molecule has 0 radical (unpaired) electrons. The van der Waals surface area contributed by atoms with E-state index in [1.807, 2.05) is 47.4 Å². The molecule has 1 aliphatic heterocycles. The minimum atomic E-state index is 0.223. The molecule has 30 heavy (non-hydrogen) atoms. The Hall–Kier alpha value is -2.70. The lowest BCUT2D eigenvalue weighted by atomic mass is 10.1. The van der Waals surface area contributed by atoms with Crippen LogP contribution in [0.2, 0.25) is 0 Å². The first kappa shape index (κ1) is 20.6. The van der Waals surface area contributed by atoms with Crippen LogP contribution in [0.5, 0.6) is 5.75 Å². The van der Waals surface area contributed by atoms with Crippen molar-refractivity contribution in [3.05, 3.63) is 71.2 Å². The Labute approximate surface area is 181 Å². The molecule has 0 spiro atoms. The number of carbonyl (C=O) groups excluding carboxylic acids is 1. The molecule has 0 saturated carbocycles. The summed E-state index contributed by atoms with van der Waals surface area (Å²) in [4.78, 5) is 21.8. The molecule has 4 rings (SSSR count). The number of methoxy groups -OCH3 is 1. The standard InChI is InChI=1S/C24H27N3O2S/c1-29-22-10-6-5-7-19(22)11-12-23(28)27-15-13-26(14-16-27)17-21-18-30-24(25-21)20-8-3-2-4-9-20/h2-10,18H,11-17H2,1H3. The number of benzene rings is 2. The predicted molar refractivity (Wildman–Crippen MR) is 121 cm³/mol. The molecule has 0 bridgehead atoms. The molecule has 6 heteroatoms. The van der Waals surface area contributed by atoms with Gasteiger partial charge in [0.15, 0.2) is 0 Å². The van der Waals surface area contributed by atoms with Gasteiger partial charge in [-0.25, -0.2) is 4.98 Å². The summed E-state index contributed by atoms with van der Waals surface area (Å²) >= 11 is 1.69. The first-order valence-corrected chi connectivity index (χ1v) is 11.2. The highest BCUT2D eigenvalue weighted by molar-refractivity contribution is 7.13. The number of amides is 1. The maximum Gasteiger partial charge on any atom is 0.222 e. The third-order valence-electron chi connectivity index (χ3n) is 5.48. The third kappa shape index (κ3) is 5.07. The molecule has 1 saturated heterocycles. The van der Waals surface area contributed by atoms with Crippen molar-refractivity contribution >= 4 is 17.2 Å². The molecule has 0 atom stereocenters. The van der Waals surface area contributed by atoms with Crippen molar-refractivity contribution in [1.82, 2.24) is 14.8 Å². The summed E-state index contributed by atoms with van der Waals surface area (Å²) in [7, 11) is 1.67. The van der Waals surface area contributed by atoms with E-state index < -0.39 is 0 Å². The highest BCUT2D eigenvalue weighted by Crippen LogP contribution is 2.24. The fraction of sp³-hybridized carbons (Fsp3) is 0.333. The zero-order chi connectivity index (χ0) is 20.8. The van der Waals surface area contributed by atoms with E-state index in [0.29, 0.717) is 12.8 Å². The Morgan fingerprint density at radius 1 is 1.03 bits per heavy atom. The van der Waals surface area contributed by atoms with Crippen LogP contribution in [0, 0.1) is 0 Å². The second-order valence-corrected chi connectivity index (χ2v) is 8.34. The van der Waals surface area contributed by atoms with E-state index in [2.05, 4.69) is 22.4 Å². The maximum absolute atomic E-state index is 12.7. The summed E-state index contributed by atoms with van der Waals surface area (Å²) in [6.45, 7) is 4.17. The first-order valence-electron chi connectivity index (χ1n) is 10.3. The second kappa shape index (κ2) is 9.87. The van der Waals surface area contributed by atoms with Crippen LogP contribution in [0.3, 0.4) is 0 Å². The summed E-state index contributed by atoms with van der Waals surface area (Å²) < 4.78 is 5.39. The van der Waals surface area contributed by atoms with Crippen LogP contribution >= 0.6 is 11.3 Å². The van der Waals surface area contributed by atoms with Crippen LogP contribution in [-0.4, -0.2) is 54.0 Å². The molecule has 1 fully saturated rings. The minimum Gasteiger partial charge on any atom is -0.496 e. The fourth-order valence-electron chi connectivity index (χ4n) is 3.79. The van der Waals surface area contributed by atoms with Gasteiger partial charge in [-0.3, -0.25) is 9.69 Å². The fourth-order valence-corrected chi connectivity index (χ4v) is 4.60. The number of piperazine rings is 1. The van der Waals surface area contributed by atoms with Crippen LogP contribution < -0.4 is 4.74 Å². The van der Waals surface area contributed by atoms with Crippen LogP contribution in [0.15, 0.2) is 60.0 Å². The lowest BCUT2D eigenvalue weighted by molar-refractivity contribution is -0.133. The highest BCUT2D eigenvalue weighted by Gasteiger charge is 2.22. The molecule has 1 amide bonds. The van der Waals surface area contributed by atoms with Gasteiger partial charge in [-0.05, 0) is 18.1 Å². The van der Waals surface area contributed by atoms with Crippen molar-refractivity contribution in [2.24, 2.45) is 0 Å². The topological polar surface area (TPSA) is 45.7 Å². The predicted octanol–water partition coefficient (Wildman–Crippen LogP) is 4.10. The number of ether oxygens (including phenoxy) is 1. The van der Waals surface area contributed by atoms with E-state index in [1.54, 1.807) is 18.4 Å². The molecule has 1 aromatic heterocycles. The number of rotatable bonds is 7. The highest BCUT2D eigenvalue weighted by atomic mass is 32.1. The van der Waals surface area contributed by atoms with Gasteiger partial charge in [0.1, 0.15) is 10.8 Å². The largest absolute Gasteiger partial charge is 0.496 e. The smallest absolute Gasteiger partial charge is 0.222 e. The number of hydrogen-bond acceptors (Lipinski definition) is 5. The SMILES string of the molecule is COc1ccccc1CCC(=O)N1CCN(Cc2csc(-c3ccccc3)n2)CC1. The zero-order valence-corrected chi connectivity index (χ0v) is 18.1. The van der Waals surface area contributed by atoms with Crippen molar-refractivity contribution in [1.29, 1.82) is 0 Å². The third-order valence-corrected chi connectivity index (χ3v) is 6.42. The van der Waals surface area contributed by atoms with E-state index in [0.717, 1.165) is 54.7 Å². The average molecular weight is 422 g/mol. The Kier molecular flexibility index (Phi) is 6.77. The molecule has 0 aliphatic carbocycles. The molecule has 1 aliphatic rings. The molecule has 0 N–H and O–H groups in total. The molecule has 2 heterocycles. The van der Waals surface area contributed by atoms with Gasteiger partial charge in [-0.1, -0.05) is 48.5 Å². The summed E-state index contributed by atoms with van der Waals surface area (Å²) in [5.41, 5.74) is 3.36. The number of aromatic nitrogens is 1. The summed E-state index contributed by atoms with van der Waals surface area (Å²) in [6.07, 6.45) is 1.23. The Balaban J connectivity index is 1.25. The number of nitrogens with zero attached hydrogens (tertiary/aromatic N) is 3. The van der Waals surface area contributed by atoms with E-state index in [-0.39, 0.29) is 5.91 Å². The van der Waals surface area contributed by atoms with Crippen LogP contribution in [-0.2, 0) is 17.8 Å². The normalized spacial score (nSPS) is 14.6.